The Balaban J connectivity index is 2.07. The minimum absolute atomic E-state index is 0.125. The Morgan fingerprint density at radius 1 is 0.947 bits per heavy atom. The SMILES string of the molecule is OCc1ccc(OCc2cccc(F)c2)cc1CO. The molecule has 0 aliphatic heterocycles. The second-order valence-electron chi connectivity index (χ2n) is 4.17. The molecule has 0 aliphatic carbocycles. The van der Waals surface area contributed by atoms with Crippen LogP contribution in [0.1, 0.15) is 16.7 Å². The lowest BCUT2D eigenvalue weighted by Crippen LogP contribution is -1.99. The zero-order chi connectivity index (χ0) is 13.7. The van der Waals surface area contributed by atoms with Crippen molar-refractivity contribution in [2.75, 3.05) is 0 Å². The van der Waals surface area contributed by atoms with E-state index in [9.17, 15) is 9.50 Å². The normalized spacial score (nSPS) is 10.5. The van der Waals surface area contributed by atoms with Crippen LogP contribution in [0.25, 0.3) is 0 Å². The monoisotopic (exact) mass is 262 g/mol. The number of hydrogen-bond acceptors (Lipinski definition) is 3. The fraction of sp³-hybridized carbons (Fsp3) is 0.200. The molecule has 3 nitrogen and oxygen atoms in total. The standard InChI is InChI=1S/C15H15FO3/c16-14-3-1-2-11(6-14)10-19-15-5-4-12(8-17)13(7-15)9-18/h1-7,17-18H,8-10H2. The molecule has 0 radical (unpaired) electrons. The van der Waals surface area contributed by atoms with Gasteiger partial charge in [0.2, 0.25) is 0 Å². The fourth-order valence-corrected chi connectivity index (χ4v) is 1.79. The van der Waals surface area contributed by atoms with Crippen LogP contribution in [-0.4, -0.2) is 10.2 Å². The van der Waals surface area contributed by atoms with E-state index in [1.165, 1.54) is 12.1 Å². The molecule has 0 atom stereocenters. The van der Waals surface area contributed by atoms with Crippen molar-refractivity contribution in [3.8, 4) is 5.75 Å². The lowest BCUT2D eigenvalue weighted by molar-refractivity contribution is 0.257. The van der Waals surface area contributed by atoms with Crippen LogP contribution in [0.5, 0.6) is 5.75 Å². The fourth-order valence-electron chi connectivity index (χ4n) is 1.79. The highest BCUT2D eigenvalue weighted by molar-refractivity contribution is 5.35. The summed E-state index contributed by atoms with van der Waals surface area (Å²) in [5, 5.41) is 18.3. The summed E-state index contributed by atoms with van der Waals surface area (Å²) < 4.78 is 18.5. The van der Waals surface area contributed by atoms with Crippen molar-refractivity contribution in [3.63, 3.8) is 0 Å². The molecule has 2 aromatic carbocycles. The number of rotatable bonds is 5. The minimum atomic E-state index is -0.298. The van der Waals surface area contributed by atoms with Gasteiger partial charge in [-0.05, 0) is 41.0 Å². The molecule has 4 heteroatoms. The van der Waals surface area contributed by atoms with E-state index >= 15 is 0 Å². The molecule has 0 unspecified atom stereocenters. The first-order valence-corrected chi connectivity index (χ1v) is 5.93. The summed E-state index contributed by atoms with van der Waals surface area (Å²) in [4.78, 5) is 0. The second kappa shape index (κ2) is 6.31. The van der Waals surface area contributed by atoms with Gasteiger partial charge in [-0.25, -0.2) is 4.39 Å². The molecular weight excluding hydrogens is 247 g/mol. The molecule has 0 heterocycles. The quantitative estimate of drug-likeness (QED) is 0.869. The summed E-state index contributed by atoms with van der Waals surface area (Å²) in [5.74, 6) is 0.276. The summed E-state index contributed by atoms with van der Waals surface area (Å²) in [7, 11) is 0. The van der Waals surface area contributed by atoms with Crippen LogP contribution in [-0.2, 0) is 19.8 Å². The molecule has 2 aromatic rings. The summed E-state index contributed by atoms with van der Waals surface area (Å²) >= 11 is 0. The van der Waals surface area contributed by atoms with Gasteiger partial charge in [-0.15, -0.1) is 0 Å². The molecule has 0 bridgehead atoms. The van der Waals surface area contributed by atoms with Crippen molar-refractivity contribution in [1.82, 2.24) is 0 Å². The van der Waals surface area contributed by atoms with E-state index in [0.29, 0.717) is 16.9 Å². The highest BCUT2D eigenvalue weighted by Gasteiger charge is 2.04. The van der Waals surface area contributed by atoms with Crippen molar-refractivity contribution < 1.29 is 19.3 Å². The van der Waals surface area contributed by atoms with Gasteiger partial charge >= 0.3 is 0 Å². The minimum Gasteiger partial charge on any atom is -0.489 e. The van der Waals surface area contributed by atoms with Gasteiger partial charge in [0, 0.05) is 0 Å². The van der Waals surface area contributed by atoms with Crippen LogP contribution in [0.4, 0.5) is 4.39 Å². The predicted molar refractivity (Wildman–Crippen MR) is 69.0 cm³/mol. The Kier molecular flexibility index (Phi) is 4.49. The smallest absolute Gasteiger partial charge is 0.123 e. The van der Waals surface area contributed by atoms with Crippen LogP contribution in [0, 0.1) is 5.82 Å². The zero-order valence-corrected chi connectivity index (χ0v) is 10.3. The van der Waals surface area contributed by atoms with Gasteiger partial charge in [-0.2, -0.15) is 0 Å². The Morgan fingerprint density at radius 3 is 2.42 bits per heavy atom. The number of benzene rings is 2. The molecule has 2 rings (SSSR count). The summed E-state index contributed by atoms with van der Waals surface area (Å²) in [6.45, 7) is -0.0335. The molecule has 0 spiro atoms. The Morgan fingerprint density at radius 2 is 1.74 bits per heavy atom. The highest BCUT2D eigenvalue weighted by atomic mass is 19.1. The Bertz CT molecular complexity index is 555. The van der Waals surface area contributed by atoms with Gasteiger partial charge in [0.15, 0.2) is 0 Å². The average Bonchev–Trinajstić information content (AvgIpc) is 2.45. The molecular formula is C15H15FO3. The van der Waals surface area contributed by atoms with Gasteiger partial charge < -0.3 is 14.9 Å². The van der Waals surface area contributed by atoms with Crippen LogP contribution < -0.4 is 4.74 Å². The molecule has 0 aliphatic rings. The third kappa shape index (κ3) is 3.53. The van der Waals surface area contributed by atoms with Gasteiger partial charge in [-0.1, -0.05) is 18.2 Å². The van der Waals surface area contributed by atoms with Gasteiger partial charge in [0.1, 0.15) is 18.2 Å². The first-order chi connectivity index (χ1) is 9.22. The van der Waals surface area contributed by atoms with Gasteiger partial charge in [0.05, 0.1) is 13.2 Å². The average molecular weight is 262 g/mol. The van der Waals surface area contributed by atoms with Gasteiger partial charge in [-0.3, -0.25) is 0 Å². The summed E-state index contributed by atoms with van der Waals surface area (Å²) in [6.07, 6.45) is 0. The van der Waals surface area contributed by atoms with Crippen molar-refractivity contribution >= 4 is 0 Å². The van der Waals surface area contributed by atoms with E-state index in [4.69, 9.17) is 9.84 Å². The molecule has 0 saturated carbocycles. The van der Waals surface area contributed by atoms with E-state index in [2.05, 4.69) is 0 Å². The van der Waals surface area contributed by atoms with E-state index in [1.54, 1.807) is 30.3 Å². The highest BCUT2D eigenvalue weighted by Crippen LogP contribution is 2.19. The second-order valence-corrected chi connectivity index (χ2v) is 4.17. The number of hydrogen-bond donors (Lipinski definition) is 2. The first kappa shape index (κ1) is 13.5. The third-order valence-electron chi connectivity index (χ3n) is 2.81. The predicted octanol–water partition coefficient (Wildman–Crippen LogP) is 2.39. The van der Waals surface area contributed by atoms with E-state index in [-0.39, 0.29) is 25.6 Å². The van der Waals surface area contributed by atoms with E-state index in [1.807, 2.05) is 0 Å². The first-order valence-electron chi connectivity index (χ1n) is 5.93. The maximum atomic E-state index is 13.0. The Labute approximate surface area is 110 Å². The number of halogens is 1. The summed E-state index contributed by atoms with van der Waals surface area (Å²) in [5.41, 5.74) is 2.02. The molecule has 0 aromatic heterocycles. The largest absolute Gasteiger partial charge is 0.489 e. The Hall–Kier alpha value is -1.91. The van der Waals surface area contributed by atoms with E-state index < -0.39 is 0 Å². The maximum absolute atomic E-state index is 13.0. The lowest BCUT2D eigenvalue weighted by Gasteiger charge is -2.10. The van der Waals surface area contributed by atoms with Crippen LogP contribution >= 0.6 is 0 Å². The number of ether oxygens (including phenoxy) is 1. The lowest BCUT2D eigenvalue weighted by atomic mass is 10.1. The van der Waals surface area contributed by atoms with Crippen molar-refractivity contribution in [2.45, 2.75) is 19.8 Å². The maximum Gasteiger partial charge on any atom is 0.123 e. The molecule has 0 fully saturated rings. The molecule has 19 heavy (non-hydrogen) atoms. The van der Waals surface area contributed by atoms with Crippen LogP contribution in [0.3, 0.4) is 0 Å². The zero-order valence-electron chi connectivity index (χ0n) is 10.3. The van der Waals surface area contributed by atoms with Crippen molar-refractivity contribution in [1.29, 1.82) is 0 Å². The van der Waals surface area contributed by atoms with E-state index in [0.717, 1.165) is 5.56 Å². The van der Waals surface area contributed by atoms with Crippen LogP contribution in [0.15, 0.2) is 42.5 Å². The summed E-state index contributed by atoms with van der Waals surface area (Å²) in [6, 6.07) is 11.3. The molecule has 0 saturated heterocycles. The molecule has 0 amide bonds. The topological polar surface area (TPSA) is 49.7 Å². The number of aliphatic hydroxyl groups excluding tert-OH is 2. The third-order valence-corrected chi connectivity index (χ3v) is 2.81. The van der Waals surface area contributed by atoms with Crippen molar-refractivity contribution in [2.24, 2.45) is 0 Å². The number of aliphatic hydroxyl groups is 2. The molecule has 100 valence electrons. The van der Waals surface area contributed by atoms with Gasteiger partial charge in [0.25, 0.3) is 0 Å². The van der Waals surface area contributed by atoms with Crippen LogP contribution in [0.2, 0.25) is 0 Å². The molecule has 2 N–H and O–H groups in total. The van der Waals surface area contributed by atoms with Crippen molar-refractivity contribution in [3.05, 3.63) is 65.0 Å².